The Balaban J connectivity index is 3.19. The third-order valence-corrected chi connectivity index (χ3v) is 3.25. The minimum absolute atomic E-state index is 0.352. The van der Waals surface area contributed by atoms with Crippen LogP contribution in [-0.4, -0.2) is 31.5 Å². The van der Waals surface area contributed by atoms with Gasteiger partial charge in [0.15, 0.2) is 11.5 Å². The summed E-state index contributed by atoms with van der Waals surface area (Å²) in [5.74, 6) is 1.08. The Bertz CT molecular complexity index is 435. The lowest BCUT2D eigenvalue weighted by atomic mass is 10.2. The van der Waals surface area contributed by atoms with Crippen LogP contribution in [0.3, 0.4) is 0 Å². The number of ether oxygens (including phenoxy) is 3. The first-order chi connectivity index (χ1) is 8.47. The number of benzene rings is 1. The summed E-state index contributed by atoms with van der Waals surface area (Å²) in [6.45, 7) is 0. The number of hydrogen-bond donors (Lipinski definition) is 2. The summed E-state index contributed by atoms with van der Waals surface area (Å²) in [7, 11) is 0.242. The van der Waals surface area contributed by atoms with Crippen LogP contribution in [0, 0.1) is 0 Å². The third-order valence-electron chi connectivity index (χ3n) is 2.23. The highest BCUT2D eigenvalue weighted by Crippen LogP contribution is 2.47. The molecule has 1 atom stereocenters. The fourth-order valence-corrected chi connectivity index (χ4v) is 2.19. The van der Waals surface area contributed by atoms with E-state index in [0.717, 1.165) is 0 Å². The SMILES string of the molecule is COc1cc(CP(=O)(O)OO)cc(OC)c1OC. The van der Waals surface area contributed by atoms with E-state index in [1.54, 1.807) is 0 Å². The van der Waals surface area contributed by atoms with Crippen LogP contribution in [-0.2, 0) is 15.4 Å². The predicted octanol–water partition coefficient (Wildman–Crippen LogP) is 1.89. The lowest BCUT2D eigenvalue weighted by molar-refractivity contribution is -0.146. The molecular weight excluding hydrogens is 263 g/mol. The highest BCUT2D eigenvalue weighted by atomic mass is 31.2. The second-order valence-electron chi connectivity index (χ2n) is 3.41. The third kappa shape index (κ3) is 3.36. The summed E-state index contributed by atoms with van der Waals surface area (Å²) in [5, 5.41) is 8.31. The van der Waals surface area contributed by atoms with E-state index in [9.17, 15) is 9.46 Å². The molecule has 0 aliphatic rings. The highest BCUT2D eigenvalue weighted by Gasteiger charge is 2.22. The molecule has 0 bridgehead atoms. The Morgan fingerprint density at radius 2 is 1.61 bits per heavy atom. The molecule has 1 aromatic rings. The van der Waals surface area contributed by atoms with Gasteiger partial charge in [-0.25, -0.2) is 5.26 Å². The van der Waals surface area contributed by atoms with Crippen LogP contribution in [0.4, 0.5) is 0 Å². The number of methoxy groups -OCH3 is 3. The van der Waals surface area contributed by atoms with Crippen LogP contribution in [0.1, 0.15) is 5.56 Å². The molecule has 1 unspecified atom stereocenters. The van der Waals surface area contributed by atoms with Gasteiger partial charge in [0, 0.05) is 0 Å². The molecule has 7 nitrogen and oxygen atoms in total. The first-order valence-electron chi connectivity index (χ1n) is 4.91. The van der Waals surface area contributed by atoms with Gasteiger partial charge >= 0.3 is 7.60 Å². The molecule has 102 valence electrons. The Kier molecular flexibility index (Phi) is 4.98. The standard InChI is InChI=1S/C10H15O7P/c1-14-8-4-7(6-18(12,13)17-11)5-9(15-2)10(8)16-3/h4-5,11H,6H2,1-3H3,(H,12,13). The molecule has 0 saturated heterocycles. The Labute approximate surface area is 104 Å². The van der Waals surface area contributed by atoms with Gasteiger partial charge in [0.25, 0.3) is 0 Å². The van der Waals surface area contributed by atoms with E-state index in [2.05, 4.69) is 4.67 Å². The molecule has 0 saturated carbocycles. The van der Waals surface area contributed by atoms with Crippen molar-refractivity contribution >= 4 is 7.60 Å². The van der Waals surface area contributed by atoms with Gasteiger partial charge in [-0.15, -0.1) is 0 Å². The molecule has 2 N–H and O–H groups in total. The lowest BCUT2D eigenvalue weighted by Gasteiger charge is -2.14. The van der Waals surface area contributed by atoms with Gasteiger partial charge in [-0.05, 0) is 17.7 Å². The molecule has 0 aromatic heterocycles. The van der Waals surface area contributed by atoms with Gasteiger partial charge in [0.1, 0.15) is 0 Å². The molecule has 0 amide bonds. The zero-order valence-electron chi connectivity index (χ0n) is 10.2. The summed E-state index contributed by atoms with van der Waals surface area (Å²) in [6.07, 6.45) is -0.375. The average Bonchev–Trinajstić information content (AvgIpc) is 2.37. The summed E-state index contributed by atoms with van der Waals surface area (Å²) < 4.78 is 30.1. The molecule has 0 aliphatic carbocycles. The van der Waals surface area contributed by atoms with Gasteiger partial charge < -0.3 is 19.1 Å². The number of hydrogen-bond acceptors (Lipinski definition) is 6. The van der Waals surface area contributed by atoms with Crippen molar-refractivity contribution in [3.63, 3.8) is 0 Å². The monoisotopic (exact) mass is 278 g/mol. The quantitative estimate of drug-likeness (QED) is 0.466. The van der Waals surface area contributed by atoms with Gasteiger partial charge in [0.05, 0.1) is 27.5 Å². The molecule has 0 radical (unpaired) electrons. The summed E-state index contributed by atoms with van der Waals surface area (Å²) in [5.41, 5.74) is 0.407. The first kappa shape index (κ1) is 14.8. The molecule has 18 heavy (non-hydrogen) atoms. The average molecular weight is 278 g/mol. The van der Waals surface area contributed by atoms with Crippen LogP contribution >= 0.6 is 7.60 Å². The first-order valence-corrected chi connectivity index (χ1v) is 6.67. The van der Waals surface area contributed by atoms with Crippen molar-refractivity contribution in [3.8, 4) is 17.2 Å². The number of rotatable bonds is 6. The van der Waals surface area contributed by atoms with Gasteiger partial charge in [-0.1, -0.05) is 0 Å². The van der Waals surface area contributed by atoms with Crippen molar-refractivity contribution in [2.75, 3.05) is 21.3 Å². The second kappa shape index (κ2) is 6.06. The summed E-state index contributed by atoms with van der Waals surface area (Å²) >= 11 is 0. The zero-order chi connectivity index (χ0) is 13.8. The maximum Gasteiger partial charge on any atom is 0.359 e. The fraction of sp³-hybridized carbons (Fsp3) is 0.400. The van der Waals surface area contributed by atoms with E-state index < -0.39 is 7.60 Å². The van der Waals surface area contributed by atoms with Crippen molar-refractivity contribution in [3.05, 3.63) is 17.7 Å². The topological polar surface area (TPSA) is 94.5 Å². The molecule has 0 fully saturated rings. The van der Waals surface area contributed by atoms with Crippen molar-refractivity contribution in [2.45, 2.75) is 6.16 Å². The summed E-state index contributed by atoms with van der Waals surface area (Å²) in [4.78, 5) is 9.20. The smallest absolute Gasteiger partial charge is 0.359 e. The minimum Gasteiger partial charge on any atom is -0.493 e. The molecule has 0 aliphatic heterocycles. The fourth-order valence-electron chi connectivity index (χ4n) is 1.49. The molecule has 1 aromatic carbocycles. The van der Waals surface area contributed by atoms with E-state index in [4.69, 9.17) is 19.5 Å². The van der Waals surface area contributed by atoms with E-state index in [0.29, 0.717) is 22.8 Å². The lowest BCUT2D eigenvalue weighted by Crippen LogP contribution is -1.98. The molecule has 8 heteroatoms. The molecule has 1 rings (SSSR count). The molecular formula is C10H15O7P. The van der Waals surface area contributed by atoms with E-state index in [1.807, 2.05) is 0 Å². The minimum atomic E-state index is -4.08. The van der Waals surface area contributed by atoms with Crippen molar-refractivity contribution in [1.82, 2.24) is 0 Å². The zero-order valence-corrected chi connectivity index (χ0v) is 11.1. The van der Waals surface area contributed by atoms with E-state index in [1.165, 1.54) is 33.5 Å². The Morgan fingerprint density at radius 3 is 1.94 bits per heavy atom. The second-order valence-corrected chi connectivity index (χ2v) is 5.17. The van der Waals surface area contributed by atoms with Crippen LogP contribution in [0.5, 0.6) is 17.2 Å². The Morgan fingerprint density at radius 1 is 1.11 bits per heavy atom. The maximum atomic E-state index is 11.3. The van der Waals surface area contributed by atoms with Gasteiger partial charge in [0.2, 0.25) is 5.75 Å². The van der Waals surface area contributed by atoms with Crippen LogP contribution in [0.2, 0.25) is 0 Å². The van der Waals surface area contributed by atoms with E-state index in [-0.39, 0.29) is 6.16 Å². The largest absolute Gasteiger partial charge is 0.493 e. The highest BCUT2D eigenvalue weighted by molar-refractivity contribution is 7.51. The van der Waals surface area contributed by atoms with Gasteiger partial charge in [-0.3, -0.25) is 4.57 Å². The van der Waals surface area contributed by atoms with Gasteiger partial charge in [-0.2, -0.15) is 4.67 Å². The van der Waals surface area contributed by atoms with Crippen LogP contribution < -0.4 is 14.2 Å². The van der Waals surface area contributed by atoms with Crippen molar-refractivity contribution in [1.29, 1.82) is 0 Å². The van der Waals surface area contributed by atoms with Crippen LogP contribution in [0.25, 0.3) is 0 Å². The summed E-state index contributed by atoms with van der Waals surface area (Å²) in [6, 6.07) is 3.01. The normalized spacial score (nSPS) is 13.8. The van der Waals surface area contributed by atoms with Crippen molar-refractivity contribution in [2.24, 2.45) is 0 Å². The predicted molar refractivity (Wildman–Crippen MR) is 63.3 cm³/mol. The molecule has 0 heterocycles. The molecule has 0 spiro atoms. The Hall–Kier alpha value is -1.27. The van der Waals surface area contributed by atoms with Crippen molar-refractivity contribution < 1.29 is 33.6 Å². The van der Waals surface area contributed by atoms with Crippen LogP contribution in [0.15, 0.2) is 12.1 Å². The maximum absolute atomic E-state index is 11.3. The van der Waals surface area contributed by atoms with E-state index >= 15 is 0 Å².